The van der Waals surface area contributed by atoms with Crippen molar-refractivity contribution < 1.29 is 14.6 Å². The van der Waals surface area contributed by atoms with Gasteiger partial charge in [0.05, 0.1) is 0 Å². The summed E-state index contributed by atoms with van der Waals surface area (Å²) in [5.41, 5.74) is 5.94. The van der Waals surface area contributed by atoms with Crippen LogP contribution in [0.2, 0.25) is 0 Å². The summed E-state index contributed by atoms with van der Waals surface area (Å²) in [6, 6.07) is 3.12. The zero-order valence-corrected chi connectivity index (χ0v) is 10.4. The summed E-state index contributed by atoms with van der Waals surface area (Å²) in [5, 5.41) is 2.65. The second-order valence-corrected chi connectivity index (χ2v) is 4.01. The summed E-state index contributed by atoms with van der Waals surface area (Å²) in [6.07, 6.45) is 4.73. The summed E-state index contributed by atoms with van der Waals surface area (Å²) < 4.78 is 0. The molecule has 6 nitrogen and oxygen atoms in total. The number of rotatable bonds is 5. The maximum absolute atomic E-state index is 11.5. The lowest BCUT2D eigenvalue weighted by Crippen LogP contribution is -2.23. The van der Waals surface area contributed by atoms with Crippen molar-refractivity contribution in [2.75, 3.05) is 26.0 Å². The number of hydrogen-bond donors (Lipinski definition) is 2. The zero-order valence-electron chi connectivity index (χ0n) is 10.4. The van der Waals surface area contributed by atoms with Crippen molar-refractivity contribution >= 4 is 17.5 Å². The highest BCUT2D eigenvalue weighted by atomic mass is 16.1. The van der Waals surface area contributed by atoms with Gasteiger partial charge >= 0.3 is 5.91 Å². The summed E-state index contributed by atoms with van der Waals surface area (Å²) in [5.74, 6) is -0.768. The van der Waals surface area contributed by atoms with Crippen LogP contribution in [0.15, 0.2) is 30.5 Å². The zero-order chi connectivity index (χ0) is 13.5. The van der Waals surface area contributed by atoms with Crippen LogP contribution in [-0.2, 0) is 4.79 Å². The molecule has 18 heavy (non-hydrogen) atoms. The van der Waals surface area contributed by atoms with E-state index in [0.717, 1.165) is 0 Å². The van der Waals surface area contributed by atoms with Gasteiger partial charge in [-0.1, -0.05) is 6.08 Å². The van der Waals surface area contributed by atoms with E-state index in [1.807, 2.05) is 19.0 Å². The minimum Gasteiger partial charge on any atom is -0.360 e. The van der Waals surface area contributed by atoms with E-state index in [-0.39, 0.29) is 11.6 Å². The third-order valence-corrected chi connectivity index (χ3v) is 2.09. The van der Waals surface area contributed by atoms with E-state index < -0.39 is 5.91 Å². The molecule has 4 N–H and O–H groups in total. The Labute approximate surface area is 105 Å². The molecule has 0 saturated carbocycles. The fourth-order valence-corrected chi connectivity index (χ4v) is 1.21. The first-order chi connectivity index (χ1) is 8.49. The van der Waals surface area contributed by atoms with Crippen LogP contribution in [-0.4, -0.2) is 37.4 Å². The van der Waals surface area contributed by atoms with E-state index >= 15 is 0 Å². The fraction of sp³-hybridized carbons (Fsp3) is 0.250. The van der Waals surface area contributed by atoms with Crippen molar-refractivity contribution in [2.45, 2.75) is 0 Å². The monoisotopic (exact) mass is 249 g/mol. The van der Waals surface area contributed by atoms with Crippen LogP contribution in [0.5, 0.6) is 0 Å². The molecule has 0 saturated heterocycles. The summed E-state index contributed by atoms with van der Waals surface area (Å²) >= 11 is 0. The second-order valence-electron chi connectivity index (χ2n) is 4.01. The summed E-state index contributed by atoms with van der Waals surface area (Å²) in [6.45, 7) is 0.695. The number of pyridine rings is 1. The van der Waals surface area contributed by atoms with E-state index in [2.05, 4.69) is 10.3 Å². The molecule has 1 aromatic heterocycles. The van der Waals surface area contributed by atoms with E-state index in [4.69, 9.17) is 5.73 Å². The molecule has 1 heterocycles. The molecule has 0 bridgehead atoms. The number of carbonyl (C=O) groups excluding carboxylic acids is 2. The number of carbonyl (C=O) groups is 2. The number of anilines is 1. The SMILES string of the molecule is CN(C)CC=CC(=O)Nc1ccc(C(N)=O)[nH+]c1. The first kappa shape index (κ1) is 13.9. The average molecular weight is 249 g/mol. The molecule has 0 aromatic carbocycles. The van der Waals surface area contributed by atoms with Gasteiger partial charge in [0.15, 0.2) is 6.20 Å². The van der Waals surface area contributed by atoms with Gasteiger partial charge in [0, 0.05) is 18.7 Å². The van der Waals surface area contributed by atoms with Crippen molar-refractivity contribution in [3.05, 3.63) is 36.2 Å². The quantitative estimate of drug-likeness (QED) is 0.699. The molecular weight excluding hydrogens is 232 g/mol. The Balaban J connectivity index is 2.54. The molecule has 0 fully saturated rings. The number of primary amides is 1. The van der Waals surface area contributed by atoms with Gasteiger partial charge < -0.3 is 16.0 Å². The number of aromatic nitrogens is 1. The van der Waals surface area contributed by atoms with Crippen LogP contribution < -0.4 is 16.0 Å². The van der Waals surface area contributed by atoms with Gasteiger partial charge in [0.1, 0.15) is 5.69 Å². The van der Waals surface area contributed by atoms with Crippen LogP contribution in [0.1, 0.15) is 10.5 Å². The van der Waals surface area contributed by atoms with Gasteiger partial charge in [0.25, 0.3) is 5.69 Å². The topological polar surface area (TPSA) is 89.6 Å². The molecule has 1 aromatic rings. The third kappa shape index (κ3) is 4.75. The maximum Gasteiger partial charge on any atom is 0.313 e. The van der Waals surface area contributed by atoms with Crippen LogP contribution in [0.3, 0.4) is 0 Å². The van der Waals surface area contributed by atoms with Crippen molar-refractivity contribution in [1.29, 1.82) is 0 Å². The molecule has 0 atom stereocenters. The highest BCUT2D eigenvalue weighted by Gasteiger charge is 2.08. The molecule has 0 aliphatic heterocycles. The molecule has 96 valence electrons. The molecule has 0 aliphatic rings. The van der Waals surface area contributed by atoms with E-state index in [0.29, 0.717) is 12.2 Å². The molecule has 0 radical (unpaired) electrons. The number of nitrogens with one attached hydrogen (secondary N) is 2. The Kier molecular flexibility index (Phi) is 5.01. The Morgan fingerprint density at radius 2 is 2.17 bits per heavy atom. The second kappa shape index (κ2) is 6.51. The number of hydrogen-bond acceptors (Lipinski definition) is 3. The van der Waals surface area contributed by atoms with Crippen LogP contribution >= 0.6 is 0 Å². The summed E-state index contributed by atoms with van der Waals surface area (Å²) in [4.78, 5) is 27.0. The van der Waals surface area contributed by atoms with E-state index in [9.17, 15) is 9.59 Å². The predicted octanol–water partition coefficient (Wildman–Crippen LogP) is -0.344. The lowest BCUT2D eigenvalue weighted by Gasteiger charge is -2.03. The normalized spacial score (nSPS) is 10.8. The molecule has 0 spiro atoms. The highest BCUT2D eigenvalue weighted by Crippen LogP contribution is 2.02. The van der Waals surface area contributed by atoms with E-state index in [1.165, 1.54) is 18.3 Å². The number of likely N-dealkylation sites (N-methyl/N-ethyl adjacent to an activating group) is 1. The minimum atomic E-state index is -0.543. The largest absolute Gasteiger partial charge is 0.360 e. The van der Waals surface area contributed by atoms with Gasteiger partial charge in [-0.15, -0.1) is 0 Å². The minimum absolute atomic E-state index is 0.225. The molecule has 6 heteroatoms. The van der Waals surface area contributed by atoms with E-state index in [1.54, 1.807) is 12.1 Å². The number of amides is 2. The Morgan fingerprint density at radius 1 is 1.44 bits per heavy atom. The Hall–Kier alpha value is -2.21. The molecule has 0 aliphatic carbocycles. The maximum atomic E-state index is 11.5. The molecular formula is C12H17N4O2+. The van der Waals surface area contributed by atoms with Gasteiger partial charge in [-0.25, -0.2) is 4.98 Å². The molecule has 0 unspecified atom stereocenters. The van der Waals surface area contributed by atoms with Crippen LogP contribution in [0, 0.1) is 0 Å². The van der Waals surface area contributed by atoms with Crippen molar-refractivity contribution in [1.82, 2.24) is 4.90 Å². The van der Waals surface area contributed by atoms with Gasteiger partial charge in [0.2, 0.25) is 5.91 Å². The fourth-order valence-electron chi connectivity index (χ4n) is 1.21. The lowest BCUT2D eigenvalue weighted by molar-refractivity contribution is -0.380. The Bertz CT molecular complexity index is 452. The van der Waals surface area contributed by atoms with Crippen molar-refractivity contribution in [3.63, 3.8) is 0 Å². The number of nitrogens with two attached hydrogens (primary N) is 1. The lowest BCUT2D eigenvalue weighted by atomic mass is 10.3. The Morgan fingerprint density at radius 3 is 2.67 bits per heavy atom. The first-order valence-electron chi connectivity index (χ1n) is 5.43. The average Bonchev–Trinajstić information content (AvgIpc) is 2.29. The highest BCUT2D eigenvalue weighted by molar-refractivity contribution is 5.99. The molecule has 1 rings (SSSR count). The van der Waals surface area contributed by atoms with Crippen LogP contribution in [0.25, 0.3) is 0 Å². The standard InChI is InChI=1S/C12H16N4O2/c1-16(2)7-3-4-11(17)15-9-5-6-10(12(13)18)14-8-9/h3-6,8H,7H2,1-2H3,(H2,13,18)(H,15,17)/p+1. The number of aromatic amines is 1. The predicted molar refractivity (Wildman–Crippen MR) is 67.8 cm³/mol. The van der Waals surface area contributed by atoms with Crippen molar-refractivity contribution in [3.8, 4) is 0 Å². The first-order valence-corrected chi connectivity index (χ1v) is 5.43. The van der Waals surface area contributed by atoms with Gasteiger partial charge in [-0.2, -0.15) is 0 Å². The number of H-pyrrole nitrogens is 1. The smallest absolute Gasteiger partial charge is 0.313 e. The number of nitrogens with zero attached hydrogens (tertiary/aromatic N) is 1. The van der Waals surface area contributed by atoms with Crippen molar-refractivity contribution in [2.24, 2.45) is 5.73 Å². The van der Waals surface area contributed by atoms with Gasteiger partial charge in [-0.05, 0) is 20.2 Å². The summed E-state index contributed by atoms with van der Waals surface area (Å²) in [7, 11) is 3.83. The third-order valence-electron chi connectivity index (χ3n) is 2.09. The van der Waals surface area contributed by atoms with Gasteiger partial charge in [-0.3, -0.25) is 9.59 Å². The van der Waals surface area contributed by atoms with Crippen LogP contribution in [0.4, 0.5) is 5.69 Å². The molecule has 2 amide bonds.